The summed E-state index contributed by atoms with van der Waals surface area (Å²) in [6, 6.07) is 0. The second-order valence-electron chi connectivity index (χ2n) is 4.71. The molecule has 0 amide bonds. The van der Waals surface area contributed by atoms with E-state index in [-0.39, 0.29) is 26.7 Å². The van der Waals surface area contributed by atoms with Gasteiger partial charge in [-0.3, -0.25) is 14.6 Å². The Bertz CT molecular complexity index is 968. The van der Waals surface area contributed by atoms with Gasteiger partial charge in [-0.05, 0) is 31.6 Å². The lowest BCUT2D eigenvalue weighted by Crippen LogP contribution is -2.13. The van der Waals surface area contributed by atoms with E-state index in [0.717, 1.165) is 17.6 Å². The summed E-state index contributed by atoms with van der Waals surface area (Å²) < 4.78 is 4.68. The lowest BCUT2D eigenvalue weighted by Gasteiger charge is -2.00. The molecule has 0 aliphatic rings. The zero-order valence-corrected chi connectivity index (χ0v) is 14.6. The van der Waals surface area contributed by atoms with E-state index in [9.17, 15) is 19.5 Å². The number of aliphatic imine (C=N–C) groups is 1. The third-order valence-corrected chi connectivity index (χ3v) is 4.61. The quantitative estimate of drug-likeness (QED) is 0.329. The fourth-order valence-electron chi connectivity index (χ4n) is 1.99. The van der Waals surface area contributed by atoms with Gasteiger partial charge in [0.1, 0.15) is 10.6 Å². The summed E-state index contributed by atoms with van der Waals surface area (Å²) in [5, 5.41) is 9.95. The first-order valence-corrected chi connectivity index (χ1v) is 7.81. The standard InChI is InChI=1S/C14H13N3O5S2/c1-5-8(13(21)22-3)12(24-9(5)6(2)18)15-4-7-10(19)16-14(23)17-11(7)20/h4H,1-3H3,(H3,16,17,19,20,23)/b15-4+. The number of aromatic amines is 2. The largest absolute Gasteiger partial charge is 0.494 e. The molecular formula is C14H13N3O5S2. The summed E-state index contributed by atoms with van der Waals surface area (Å²) in [6.07, 6.45) is 1.08. The molecule has 3 N–H and O–H groups in total. The third kappa shape index (κ3) is 3.34. The molecule has 8 nitrogen and oxygen atoms in total. The molecule has 0 fully saturated rings. The number of thiophene rings is 1. The number of nitrogens with one attached hydrogen (secondary N) is 2. The van der Waals surface area contributed by atoms with Crippen molar-refractivity contribution in [2.24, 2.45) is 4.99 Å². The monoisotopic (exact) mass is 367 g/mol. The average Bonchev–Trinajstić information content (AvgIpc) is 2.82. The number of methoxy groups -OCH3 is 1. The Balaban J connectivity index is 2.60. The van der Waals surface area contributed by atoms with Crippen molar-refractivity contribution in [2.45, 2.75) is 13.8 Å². The Hall–Kier alpha value is -2.59. The summed E-state index contributed by atoms with van der Waals surface area (Å²) in [6.45, 7) is 2.99. The smallest absolute Gasteiger partial charge is 0.341 e. The van der Waals surface area contributed by atoms with Gasteiger partial charge in [0.2, 0.25) is 5.88 Å². The molecule has 0 aliphatic heterocycles. The van der Waals surface area contributed by atoms with Gasteiger partial charge in [-0.1, -0.05) is 0 Å². The molecule has 0 aliphatic carbocycles. The first kappa shape index (κ1) is 17.8. The van der Waals surface area contributed by atoms with Gasteiger partial charge in [0.05, 0.1) is 17.6 Å². The van der Waals surface area contributed by atoms with Crippen LogP contribution in [0, 0.1) is 11.7 Å². The minimum atomic E-state index is -0.644. The van der Waals surface area contributed by atoms with Crippen molar-refractivity contribution in [3.8, 4) is 5.88 Å². The number of carbonyl (C=O) groups is 2. The van der Waals surface area contributed by atoms with Crippen LogP contribution in [-0.2, 0) is 4.74 Å². The molecule has 126 valence electrons. The molecule has 2 rings (SSSR count). The van der Waals surface area contributed by atoms with Crippen molar-refractivity contribution in [2.75, 3.05) is 7.11 Å². The Morgan fingerprint density at radius 1 is 1.38 bits per heavy atom. The number of hydrogen-bond acceptors (Lipinski definition) is 8. The number of ether oxygens (including phenoxy) is 1. The minimum Gasteiger partial charge on any atom is -0.494 e. The first-order valence-electron chi connectivity index (χ1n) is 6.58. The molecule has 2 aromatic heterocycles. The number of ketones is 1. The van der Waals surface area contributed by atoms with Crippen LogP contribution in [0.2, 0.25) is 0 Å². The van der Waals surface area contributed by atoms with Crippen LogP contribution in [0.1, 0.15) is 38.1 Å². The maximum Gasteiger partial charge on any atom is 0.341 e. The molecule has 0 bridgehead atoms. The van der Waals surface area contributed by atoms with E-state index in [4.69, 9.17) is 17.0 Å². The highest BCUT2D eigenvalue weighted by Crippen LogP contribution is 2.36. The summed E-state index contributed by atoms with van der Waals surface area (Å²) >= 11 is 5.73. The normalized spacial score (nSPS) is 11.0. The van der Waals surface area contributed by atoms with Crippen molar-refractivity contribution in [3.05, 3.63) is 36.7 Å². The lowest BCUT2D eigenvalue weighted by atomic mass is 10.1. The Kier molecular flexibility index (Phi) is 5.10. The topological polar surface area (TPSA) is 125 Å². The number of carbonyl (C=O) groups excluding carboxylic acids is 2. The number of rotatable bonds is 4. The van der Waals surface area contributed by atoms with Crippen molar-refractivity contribution in [1.82, 2.24) is 9.97 Å². The molecule has 0 unspecified atom stereocenters. The summed E-state index contributed by atoms with van der Waals surface area (Å²) in [5.41, 5.74) is -0.199. The van der Waals surface area contributed by atoms with Gasteiger partial charge >= 0.3 is 5.97 Å². The highest BCUT2D eigenvalue weighted by Gasteiger charge is 2.23. The number of H-pyrrole nitrogens is 2. The molecule has 24 heavy (non-hydrogen) atoms. The lowest BCUT2D eigenvalue weighted by molar-refractivity contribution is 0.0601. The van der Waals surface area contributed by atoms with Crippen LogP contribution >= 0.6 is 23.6 Å². The Morgan fingerprint density at radius 2 is 2.04 bits per heavy atom. The summed E-state index contributed by atoms with van der Waals surface area (Å²) in [7, 11) is 1.22. The van der Waals surface area contributed by atoms with E-state index in [0.29, 0.717) is 10.4 Å². The molecule has 0 saturated carbocycles. The average molecular weight is 367 g/mol. The van der Waals surface area contributed by atoms with Crippen molar-refractivity contribution < 1.29 is 19.4 Å². The van der Waals surface area contributed by atoms with E-state index in [1.807, 2.05) is 0 Å². The fourth-order valence-corrected chi connectivity index (χ4v) is 3.22. The van der Waals surface area contributed by atoms with Gasteiger partial charge in [0, 0.05) is 6.21 Å². The van der Waals surface area contributed by atoms with Crippen LogP contribution in [0.25, 0.3) is 0 Å². The van der Waals surface area contributed by atoms with Crippen molar-refractivity contribution >= 4 is 46.5 Å². The summed E-state index contributed by atoms with van der Waals surface area (Å²) in [5.74, 6) is -1.31. The highest BCUT2D eigenvalue weighted by molar-refractivity contribution is 7.71. The zero-order chi connectivity index (χ0) is 18.0. The van der Waals surface area contributed by atoms with Crippen LogP contribution in [0.3, 0.4) is 0 Å². The van der Waals surface area contributed by atoms with Gasteiger partial charge in [-0.2, -0.15) is 0 Å². The maximum atomic E-state index is 11.9. The van der Waals surface area contributed by atoms with Crippen LogP contribution < -0.4 is 5.56 Å². The first-order chi connectivity index (χ1) is 11.3. The van der Waals surface area contributed by atoms with E-state index in [1.54, 1.807) is 6.92 Å². The number of Topliss-reactive ketones (excluding diaryl/α,β-unsaturated/α-hetero) is 1. The second kappa shape index (κ2) is 6.89. The number of esters is 1. The molecule has 10 heteroatoms. The van der Waals surface area contributed by atoms with Gasteiger partial charge in [0.15, 0.2) is 10.6 Å². The molecule has 0 radical (unpaired) electrons. The number of nitrogens with zero attached hydrogens (tertiary/aromatic N) is 1. The predicted molar refractivity (Wildman–Crippen MR) is 91.6 cm³/mol. The Morgan fingerprint density at radius 3 is 2.58 bits per heavy atom. The van der Waals surface area contributed by atoms with E-state index in [1.165, 1.54) is 14.0 Å². The van der Waals surface area contributed by atoms with Gasteiger partial charge in [0.25, 0.3) is 5.56 Å². The van der Waals surface area contributed by atoms with Crippen LogP contribution in [-0.4, -0.2) is 40.2 Å². The van der Waals surface area contributed by atoms with E-state index >= 15 is 0 Å². The molecule has 2 aromatic rings. The minimum absolute atomic E-state index is 0.0317. The van der Waals surface area contributed by atoms with Crippen LogP contribution in [0.5, 0.6) is 5.88 Å². The van der Waals surface area contributed by atoms with Crippen LogP contribution in [0.4, 0.5) is 5.00 Å². The predicted octanol–water partition coefficient (Wildman–Crippen LogP) is 2.25. The van der Waals surface area contributed by atoms with Crippen molar-refractivity contribution in [1.29, 1.82) is 0 Å². The van der Waals surface area contributed by atoms with Gasteiger partial charge in [-0.25, -0.2) is 9.79 Å². The van der Waals surface area contributed by atoms with E-state index < -0.39 is 17.4 Å². The number of hydrogen-bond donors (Lipinski definition) is 3. The van der Waals surface area contributed by atoms with Crippen molar-refractivity contribution in [3.63, 3.8) is 0 Å². The van der Waals surface area contributed by atoms with Crippen LogP contribution in [0.15, 0.2) is 9.79 Å². The molecular weight excluding hydrogens is 354 g/mol. The number of aromatic hydroxyl groups is 1. The highest BCUT2D eigenvalue weighted by atomic mass is 32.1. The molecule has 0 atom stereocenters. The maximum absolute atomic E-state index is 11.9. The fraction of sp³-hybridized carbons (Fsp3) is 0.214. The molecule has 2 heterocycles. The second-order valence-corrected chi connectivity index (χ2v) is 6.12. The third-order valence-electron chi connectivity index (χ3n) is 3.11. The SMILES string of the molecule is COC(=O)c1c(/N=C/c2c(O)[nH]c(=S)[nH]c2=O)sc(C(C)=O)c1C. The number of aromatic nitrogens is 2. The van der Waals surface area contributed by atoms with Gasteiger partial charge in [-0.15, -0.1) is 11.3 Å². The van der Waals surface area contributed by atoms with E-state index in [2.05, 4.69) is 15.0 Å². The Labute approximate surface area is 144 Å². The molecule has 0 spiro atoms. The summed E-state index contributed by atoms with van der Waals surface area (Å²) in [4.78, 5) is 44.5. The van der Waals surface area contributed by atoms with Gasteiger partial charge < -0.3 is 14.8 Å². The zero-order valence-electron chi connectivity index (χ0n) is 12.9. The molecule has 0 saturated heterocycles. The molecule has 0 aromatic carbocycles.